The van der Waals surface area contributed by atoms with Gasteiger partial charge in [-0.05, 0) is 41.0 Å². The van der Waals surface area contributed by atoms with Crippen LogP contribution in [0.3, 0.4) is 0 Å². The van der Waals surface area contributed by atoms with Crippen LogP contribution in [0.4, 0.5) is 0 Å². The summed E-state index contributed by atoms with van der Waals surface area (Å²) >= 11 is 0. The SMILES string of the molecule is CCc1ccc2c(Oc3cccc4ccccc34)c3ccccc3c(Oc3cccc4ccccc34)c2c1. The summed E-state index contributed by atoms with van der Waals surface area (Å²) in [5.74, 6) is 3.39. The first-order chi connectivity index (χ1) is 18.8. The number of fused-ring (bicyclic) bond motifs is 4. The van der Waals surface area contributed by atoms with Crippen molar-refractivity contribution in [2.75, 3.05) is 0 Å². The Bertz CT molecular complexity index is 1960. The number of rotatable bonds is 5. The van der Waals surface area contributed by atoms with Crippen LogP contribution in [0.2, 0.25) is 0 Å². The molecule has 0 aliphatic rings. The van der Waals surface area contributed by atoms with Gasteiger partial charge in [0, 0.05) is 32.3 Å². The Balaban J connectivity index is 1.50. The summed E-state index contributed by atoms with van der Waals surface area (Å²) in [6.07, 6.45) is 0.940. The fourth-order valence-electron chi connectivity index (χ4n) is 5.38. The number of ether oxygens (including phenoxy) is 2. The lowest BCUT2D eigenvalue weighted by atomic mass is 9.98. The van der Waals surface area contributed by atoms with Gasteiger partial charge in [-0.15, -0.1) is 0 Å². The molecule has 7 rings (SSSR count). The third-order valence-corrected chi connectivity index (χ3v) is 7.32. The van der Waals surface area contributed by atoms with E-state index in [1.165, 1.54) is 5.56 Å². The molecule has 0 heterocycles. The van der Waals surface area contributed by atoms with Crippen molar-refractivity contribution in [3.63, 3.8) is 0 Å². The molecule has 0 bridgehead atoms. The van der Waals surface area contributed by atoms with E-state index in [2.05, 4.69) is 122 Å². The number of aryl methyl sites for hydroxylation is 1. The summed E-state index contributed by atoms with van der Waals surface area (Å²) in [7, 11) is 0. The Kier molecular flexibility index (Phi) is 5.44. The van der Waals surface area contributed by atoms with Gasteiger partial charge in [0.25, 0.3) is 0 Å². The van der Waals surface area contributed by atoms with Gasteiger partial charge < -0.3 is 9.47 Å². The summed E-state index contributed by atoms with van der Waals surface area (Å²) in [4.78, 5) is 0. The van der Waals surface area contributed by atoms with Crippen LogP contribution in [0.1, 0.15) is 12.5 Å². The Morgan fingerprint density at radius 3 is 1.42 bits per heavy atom. The smallest absolute Gasteiger partial charge is 0.143 e. The Hall–Kier alpha value is -4.82. The summed E-state index contributed by atoms with van der Waals surface area (Å²) in [5, 5.41) is 8.62. The minimum absolute atomic E-state index is 0.844. The van der Waals surface area contributed by atoms with E-state index in [-0.39, 0.29) is 0 Å². The predicted octanol–water partition coefficient (Wildman–Crippen LogP) is 10.4. The lowest BCUT2D eigenvalue weighted by Gasteiger charge is -2.19. The maximum absolute atomic E-state index is 6.84. The maximum Gasteiger partial charge on any atom is 0.143 e. The first kappa shape index (κ1) is 22.4. The van der Waals surface area contributed by atoms with Gasteiger partial charge in [0.15, 0.2) is 0 Å². The number of hydrogen-bond donors (Lipinski definition) is 0. The first-order valence-electron chi connectivity index (χ1n) is 13.1. The fourth-order valence-corrected chi connectivity index (χ4v) is 5.38. The first-order valence-corrected chi connectivity index (χ1v) is 13.1. The van der Waals surface area contributed by atoms with Gasteiger partial charge in [-0.1, -0.05) is 116 Å². The van der Waals surface area contributed by atoms with E-state index in [4.69, 9.17) is 9.47 Å². The average molecular weight is 491 g/mol. The fraction of sp³-hybridized carbons (Fsp3) is 0.0556. The van der Waals surface area contributed by atoms with Crippen LogP contribution in [-0.2, 0) is 6.42 Å². The highest BCUT2D eigenvalue weighted by molar-refractivity contribution is 6.12. The van der Waals surface area contributed by atoms with Gasteiger partial charge in [0.2, 0.25) is 0 Å². The molecule has 0 amide bonds. The summed E-state index contributed by atoms with van der Waals surface area (Å²) in [5.41, 5.74) is 1.26. The van der Waals surface area contributed by atoms with Crippen molar-refractivity contribution in [2.24, 2.45) is 0 Å². The molecule has 0 saturated carbocycles. The summed E-state index contributed by atoms with van der Waals surface area (Å²) in [6.45, 7) is 2.18. The molecule has 0 N–H and O–H groups in total. The Labute approximate surface area is 221 Å². The van der Waals surface area contributed by atoms with Crippen LogP contribution in [0.5, 0.6) is 23.0 Å². The molecule has 2 nitrogen and oxygen atoms in total. The molecule has 38 heavy (non-hydrogen) atoms. The zero-order valence-corrected chi connectivity index (χ0v) is 21.1. The Morgan fingerprint density at radius 2 is 0.868 bits per heavy atom. The van der Waals surface area contributed by atoms with Gasteiger partial charge in [-0.25, -0.2) is 0 Å². The molecule has 0 spiro atoms. The normalized spacial score (nSPS) is 11.4. The molecule has 182 valence electrons. The molecule has 0 aromatic heterocycles. The molecule has 0 radical (unpaired) electrons. The van der Waals surface area contributed by atoms with Crippen molar-refractivity contribution in [2.45, 2.75) is 13.3 Å². The van der Waals surface area contributed by atoms with Crippen LogP contribution in [0.15, 0.2) is 127 Å². The average Bonchev–Trinajstić information content (AvgIpc) is 2.98. The highest BCUT2D eigenvalue weighted by Crippen LogP contribution is 2.47. The van der Waals surface area contributed by atoms with Crippen molar-refractivity contribution in [1.82, 2.24) is 0 Å². The van der Waals surface area contributed by atoms with Gasteiger partial charge >= 0.3 is 0 Å². The van der Waals surface area contributed by atoms with Crippen LogP contribution < -0.4 is 9.47 Å². The second kappa shape index (κ2) is 9.24. The lowest BCUT2D eigenvalue weighted by Crippen LogP contribution is -1.95. The largest absolute Gasteiger partial charge is 0.455 e. The lowest BCUT2D eigenvalue weighted by molar-refractivity contribution is 0.491. The van der Waals surface area contributed by atoms with Crippen molar-refractivity contribution in [3.8, 4) is 23.0 Å². The number of benzene rings is 7. The summed E-state index contributed by atoms with van der Waals surface area (Å²) in [6, 6.07) is 44.1. The number of hydrogen-bond acceptors (Lipinski definition) is 2. The van der Waals surface area contributed by atoms with Crippen LogP contribution >= 0.6 is 0 Å². The molecule has 0 aliphatic carbocycles. The van der Waals surface area contributed by atoms with E-state index in [0.717, 1.165) is 72.5 Å². The van der Waals surface area contributed by atoms with E-state index in [0.29, 0.717) is 0 Å². The topological polar surface area (TPSA) is 18.5 Å². The highest BCUT2D eigenvalue weighted by atomic mass is 16.5. The highest BCUT2D eigenvalue weighted by Gasteiger charge is 2.19. The van der Waals surface area contributed by atoms with Gasteiger partial charge in [-0.2, -0.15) is 0 Å². The zero-order chi connectivity index (χ0) is 25.5. The third kappa shape index (κ3) is 3.74. The van der Waals surface area contributed by atoms with Crippen LogP contribution in [0, 0.1) is 0 Å². The molecular formula is C36H26O2. The molecule has 0 unspecified atom stereocenters. The van der Waals surface area contributed by atoms with Gasteiger partial charge in [0.1, 0.15) is 23.0 Å². The molecule has 2 heteroatoms. The standard InChI is InChI=1S/C36H26O2/c1-2-24-21-22-31-32(23-24)36(38-34-20-10-14-26-12-4-6-16-28(26)34)30-18-8-7-17-29(30)35(31)37-33-19-9-13-25-11-3-5-15-27(25)33/h3-23H,2H2,1H3. The van der Waals surface area contributed by atoms with E-state index in [1.807, 2.05) is 12.1 Å². The van der Waals surface area contributed by atoms with E-state index in [9.17, 15) is 0 Å². The molecule has 0 atom stereocenters. The zero-order valence-electron chi connectivity index (χ0n) is 21.1. The second-order valence-electron chi connectivity index (χ2n) is 9.60. The predicted molar refractivity (Wildman–Crippen MR) is 159 cm³/mol. The maximum atomic E-state index is 6.84. The van der Waals surface area contributed by atoms with Gasteiger partial charge in [-0.3, -0.25) is 0 Å². The third-order valence-electron chi connectivity index (χ3n) is 7.32. The minimum atomic E-state index is 0.844. The van der Waals surface area contributed by atoms with Crippen molar-refractivity contribution >= 4 is 43.1 Å². The molecular weight excluding hydrogens is 464 g/mol. The van der Waals surface area contributed by atoms with Crippen LogP contribution in [-0.4, -0.2) is 0 Å². The molecule has 0 aliphatic heterocycles. The van der Waals surface area contributed by atoms with Crippen molar-refractivity contribution in [1.29, 1.82) is 0 Å². The van der Waals surface area contributed by atoms with E-state index in [1.54, 1.807) is 0 Å². The molecule has 7 aromatic rings. The van der Waals surface area contributed by atoms with Crippen molar-refractivity contribution < 1.29 is 9.47 Å². The molecule has 7 aromatic carbocycles. The quantitative estimate of drug-likeness (QED) is 0.223. The second-order valence-corrected chi connectivity index (χ2v) is 9.60. The van der Waals surface area contributed by atoms with Crippen molar-refractivity contribution in [3.05, 3.63) is 133 Å². The monoisotopic (exact) mass is 490 g/mol. The Morgan fingerprint density at radius 1 is 0.421 bits per heavy atom. The molecule has 0 fully saturated rings. The van der Waals surface area contributed by atoms with E-state index < -0.39 is 0 Å². The minimum Gasteiger partial charge on any atom is -0.455 e. The van der Waals surface area contributed by atoms with E-state index >= 15 is 0 Å². The van der Waals surface area contributed by atoms with Gasteiger partial charge in [0.05, 0.1) is 0 Å². The van der Waals surface area contributed by atoms with Crippen LogP contribution in [0.25, 0.3) is 43.1 Å². The molecule has 0 saturated heterocycles. The summed E-state index contributed by atoms with van der Waals surface area (Å²) < 4.78 is 13.6.